The van der Waals surface area contributed by atoms with Gasteiger partial charge in [0.1, 0.15) is 6.07 Å². The highest BCUT2D eigenvalue weighted by Gasteiger charge is 2.20. The summed E-state index contributed by atoms with van der Waals surface area (Å²) in [6, 6.07) is 28.3. The van der Waals surface area contributed by atoms with E-state index in [-0.39, 0.29) is 43.3 Å². The van der Waals surface area contributed by atoms with Crippen LogP contribution in [0.4, 0.5) is 0 Å². The second-order valence-electron chi connectivity index (χ2n) is 8.34. The van der Waals surface area contributed by atoms with Crippen LogP contribution in [0.2, 0.25) is 0 Å². The molecule has 5 aromatic rings. The van der Waals surface area contributed by atoms with Gasteiger partial charge in [0.05, 0.1) is 47.1 Å². The molecule has 1 unspecified atom stereocenters. The van der Waals surface area contributed by atoms with Crippen molar-refractivity contribution in [2.75, 3.05) is 0 Å². The molecular formula is C29H25Cl3N6. The number of nitriles is 2. The molecule has 0 bridgehead atoms. The fraction of sp³-hybridized carbons (Fsp3) is 0.103. The number of hydrogen-bond acceptors (Lipinski definition) is 5. The second kappa shape index (κ2) is 13.6. The van der Waals surface area contributed by atoms with Gasteiger partial charge in [-0.1, -0.05) is 48.5 Å². The lowest BCUT2D eigenvalue weighted by molar-refractivity contribution is 0.567. The molecule has 3 aromatic carbocycles. The lowest BCUT2D eigenvalue weighted by Gasteiger charge is -2.21. The number of aromatic nitrogens is 3. The van der Waals surface area contributed by atoms with Crippen LogP contribution in [0.1, 0.15) is 34.1 Å². The van der Waals surface area contributed by atoms with Crippen LogP contribution in [-0.2, 0) is 13.6 Å². The number of rotatable bonds is 6. The highest BCUT2D eigenvalue weighted by atomic mass is 35.5. The van der Waals surface area contributed by atoms with Gasteiger partial charge in [-0.25, -0.2) is 4.98 Å². The highest BCUT2D eigenvalue weighted by molar-refractivity contribution is 5.97. The van der Waals surface area contributed by atoms with Crippen LogP contribution in [0.5, 0.6) is 0 Å². The Morgan fingerprint density at radius 1 is 0.868 bits per heavy atom. The van der Waals surface area contributed by atoms with Gasteiger partial charge in [0.15, 0.2) is 0 Å². The van der Waals surface area contributed by atoms with E-state index in [0.717, 1.165) is 38.9 Å². The van der Waals surface area contributed by atoms with Crippen molar-refractivity contribution in [1.82, 2.24) is 19.9 Å². The third-order valence-electron chi connectivity index (χ3n) is 6.17. The van der Waals surface area contributed by atoms with E-state index in [1.165, 1.54) is 0 Å². The first kappa shape index (κ1) is 30.3. The molecule has 0 aliphatic rings. The van der Waals surface area contributed by atoms with Crippen LogP contribution in [0, 0.1) is 22.7 Å². The van der Waals surface area contributed by atoms with Crippen LogP contribution in [0.15, 0.2) is 91.5 Å². The van der Waals surface area contributed by atoms with Gasteiger partial charge in [-0.3, -0.25) is 10.3 Å². The molecule has 6 nitrogen and oxygen atoms in total. The number of hydrogen-bond donors (Lipinski definition) is 1. The quantitative estimate of drug-likeness (QED) is 0.254. The summed E-state index contributed by atoms with van der Waals surface area (Å²) in [5.74, 6) is 0. The van der Waals surface area contributed by atoms with E-state index < -0.39 is 0 Å². The third kappa shape index (κ3) is 6.14. The van der Waals surface area contributed by atoms with E-state index in [4.69, 9.17) is 5.26 Å². The SMILES string of the molecule is Cl.Cl.Cl.Cn1cncc1C(NCc1ccc(C#N)cn1)c1ccc(C#N)c(-c2cccc3ccccc23)c1. The molecule has 0 saturated heterocycles. The number of fused-ring (bicyclic) bond motifs is 1. The van der Waals surface area contributed by atoms with Crippen molar-refractivity contribution in [3.05, 3.63) is 120 Å². The number of imidazole rings is 1. The maximum atomic E-state index is 9.89. The number of nitrogens with one attached hydrogen (secondary N) is 1. The summed E-state index contributed by atoms with van der Waals surface area (Å²) in [7, 11) is 1.96. The van der Waals surface area contributed by atoms with Crippen molar-refractivity contribution in [3.63, 3.8) is 0 Å². The van der Waals surface area contributed by atoms with Crippen LogP contribution >= 0.6 is 37.2 Å². The molecule has 0 fully saturated rings. The van der Waals surface area contributed by atoms with Gasteiger partial charge in [-0.05, 0) is 46.2 Å². The molecule has 2 aromatic heterocycles. The van der Waals surface area contributed by atoms with Crippen molar-refractivity contribution in [2.24, 2.45) is 7.05 Å². The lowest BCUT2D eigenvalue weighted by atomic mass is 9.91. The first-order valence-electron chi connectivity index (χ1n) is 11.2. The van der Waals surface area contributed by atoms with E-state index in [2.05, 4.69) is 57.8 Å². The minimum absolute atomic E-state index is 0. The van der Waals surface area contributed by atoms with Gasteiger partial charge in [-0.15, -0.1) is 37.2 Å². The molecule has 0 amide bonds. The first-order chi connectivity index (χ1) is 17.2. The van der Waals surface area contributed by atoms with Crippen LogP contribution < -0.4 is 5.32 Å². The molecular weight excluding hydrogens is 539 g/mol. The summed E-state index contributed by atoms with van der Waals surface area (Å²) in [5.41, 5.74) is 5.92. The topological polar surface area (TPSA) is 90.3 Å². The number of benzene rings is 3. The fourth-order valence-corrected chi connectivity index (χ4v) is 4.36. The minimum atomic E-state index is -0.179. The zero-order chi connectivity index (χ0) is 24.2. The van der Waals surface area contributed by atoms with Crippen LogP contribution in [-0.4, -0.2) is 14.5 Å². The maximum Gasteiger partial charge on any atom is 0.101 e. The molecule has 192 valence electrons. The van der Waals surface area contributed by atoms with Crippen LogP contribution in [0.3, 0.4) is 0 Å². The zero-order valence-electron chi connectivity index (χ0n) is 20.4. The largest absolute Gasteiger partial charge is 0.336 e. The van der Waals surface area contributed by atoms with E-state index >= 15 is 0 Å². The van der Waals surface area contributed by atoms with Gasteiger partial charge in [0, 0.05) is 25.4 Å². The minimum Gasteiger partial charge on any atom is -0.336 e. The Morgan fingerprint density at radius 3 is 2.34 bits per heavy atom. The van der Waals surface area contributed by atoms with Gasteiger partial charge in [-0.2, -0.15) is 10.5 Å². The summed E-state index contributed by atoms with van der Waals surface area (Å²) in [6.45, 7) is 0.505. The van der Waals surface area contributed by atoms with E-state index in [1.54, 1.807) is 18.6 Å². The average Bonchev–Trinajstić information content (AvgIpc) is 3.34. The molecule has 2 heterocycles. The highest BCUT2D eigenvalue weighted by Crippen LogP contribution is 2.34. The van der Waals surface area contributed by atoms with Gasteiger partial charge in [0.2, 0.25) is 0 Å². The Kier molecular flexibility index (Phi) is 10.8. The molecule has 9 heteroatoms. The number of nitrogens with zero attached hydrogens (tertiary/aromatic N) is 5. The van der Waals surface area contributed by atoms with Crippen molar-refractivity contribution in [3.8, 4) is 23.3 Å². The van der Waals surface area contributed by atoms with Gasteiger partial charge < -0.3 is 4.57 Å². The van der Waals surface area contributed by atoms with Gasteiger partial charge >= 0.3 is 0 Å². The van der Waals surface area contributed by atoms with Crippen molar-refractivity contribution in [2.45, 2.75) is 12.6 Å². The van der Waals surface area contributed by atoms with E-state index in [1.807, 2.05) is 54.2 Å². The average molecular weight is 564 g/mol. The summed E-state index contributed by atoms with van der Waals surface area (Å²) >= 11 is 0. The lowest BCUT2D eigenvalue weighted by Crippen LogP contribution is -2.24. The molecule has 0 saturated carbocycles. The number of aryl methyl sites for hydroxylation is 1. The third-order valence-corrected chi connectivity index (χ3v) is 6.17. The molecule has 0 spiro atoms. The Balaban J connectivity index is 0.00000169. The Labute approximate surface area is 240 Å². The van der Waals surface area contributed by atoms with E-state index in [0.29, 0.717) is 17.7 Å². The fourth-order valence-electron chi connectivity index (χ4n) is 4.36. The van der Waals surface area contributed by atoms with Crippen molar-refractivity contribution >= 4 is 48.0 Å². The van der Waals surface area contributed by atoms with Gasteiger partial charge in [0.25, 0.3) is 0 Å². The summed E-state index contributed by atoms with van der Waals surface area (Å²) in [4.78, 5) is 8.72. The molecule has 0 aliphatic heterocycles. The zero-order valence-corrected chi connectivity index (χ0v) is 22.9. The predicted octanol–water partition coefficient (Wildman–Crippen LogP) is 6.52. The molecule has 0 aliphatic carbocycles. The second-order valence-corrected chi connectivity index (χ2v) is 8.34. The first-order valence-corrected chi connectivity index (χ1v) is 11.2. The molecule has 5 rings (SSSR count). The monoisotopic (exact) mass is 562 g/mol. The summed E-state index contributed by atoms with van der Waals surface area (Å²) < 4.78 is 1.99. The van der Waals surface area contributed by atoms with Crippen molar-refractivity contribution < 1.29 is 0 Å². The molecule has 1 atom stereocenters. The molecule has 0 radical (unpaired) electrons. The normalized spacial score (nSPS) is 10.7. The Morgan fingerprint density at radius 2 is 1.66 bits per heavy atom. The number of halogens is 3. The smallest absolute Gasteiger partial charge is 0.101 e. The summed E-state index contributed by atoms with van der Waals surface area (Å²) in [6.07, 6.45) is 5.20. The number of pyridine rings is 1. The van der Waals surface area contributed by atoms with E-state index in [9.17, 15) is 5.26 Å². The standard InChI is InChI=1S/C29H22N6.3ClH/c1-35-19-32-18-28(35)29(34-17-24-12-9-20(14-30)16-33-24)22-10-11-23(15-31)27(13-22)26-8-4-6-21-5-2-3-7-25(21)26;;;/h2-13,16,18-19,29,34H,17H2,1H3;3*1H. The predicted molar refractivity (Wildman–Crippen MR) is 157 cm³/mol. The van der Waals surface area contributed by atoms with Crippen molar-refractivity contribution in [1.29, 1.82) is 10.5 Å². The van der Waals surface area contributed by atoms with Crippen LogP contribution in [0.25, 0.3) is 21.9 Å². The Bertz CT molecular complexity index is 1590. The molecule has 1 N–H and O–H groups in total. The molecule has 38 heavy (non-hydrogen) atoms. The summed E-state index contributed by atoms with van der Waals surface area (Å²) in [5, 5.41) is 24.8. The maximum absolute atomic E-state index is 9.89. The Hall–Kier alpha value is -3.91.